The summed E-state index contributed by atoms with van der Waals surface area (Å²) in [5.74, 6) is 0. The second-order valence-corrected chi connectivity index (χ2v) is 4.03. The molecule has 0 N–H and O–H groups in total. The Labute approximate surface area is 92.6 Å². The lowest BCUT2D eigenvalue weighted by Gasteiger charge is -2.11. The van der Waals surface area contributed by atoms with Crippen molar-refractivity contribution in [3.8, 4) is 0 Å². The Morgan fingerprint density at radius 3 is 2.75 bits per heavy atom. The van der Waals surface area contributed by atoms with Gasteiger partial charge in [0.25, 0.3) is 0 Å². The minimum Gasteiger partial charge on any atom is -0.331 e. The maximum atomic E-state index is 12.3. The quantitative estimate of drug-likeness (QED) is 0.752. The number of hydrogen-bond donors (Lipinski definition) is 0. The molecular weight excluding hydrogens is 243 g/mol. The second kappa shape index (κ2) is 3.99. The van der Waals surface area contributed by atoms with Gasteiger partial charge in [-0.05, 0) is 11.4 Å². The van der Waals surface area contributed by atoms with E-state index >= 15 is 0 Å². The van der Waals surface area contributed by atoms with Gasteiger partial charge in [0.1, 0.15) is 0 Å². The van der Waals surface area contributed by atoms with Gasteiger partial charge in [-0.2, -0.15) is 13.2 Å². The summed E-state index contributed by atoms with van der Waals surface area (Å²) in [5, 5.41) is 1.70. The monoisotopic (exact) mass is 249 g/mol. The highest BCUT2D eigenvalue weighted by Crippen LogP contribution is 2.31. The highest BCUT2D eigenvalue weighted by Gasteiger charge is 2.47. The van der Waals surface area contributed by atoms with E-state index in [0.29, 0.717) is 11.2 Å². The average molecular weight is 249 g/mol. The van der Waals surface area contributed by atoms with Crippen molar-refractivity contribution in [3.05, 3.63) is 22.4 Å². The first kappa shape index (κ1) is 11.3. The fourth-order valence-corrected chi connectivity index (χ4v) is 2.06. The molecule has 0 amide bonds. The molecule has 16 heavy (non-hydrogen) atoms. The Balaban J connectivity index is 2.31. The zero-order valence-electron chi connectivity index (χ0n) is 7.77. The smallest absolute Gasteiger partial charge is 0.331 e. The zero-order valence-corrected chi connectivity index (χ0v) is 8.59. The van der Waals surface area contributed by atoms with Gasteiger partial charge in [0.15, 0.2) is 12.4 Å². The molecule has 1 aromatic heterocycles. The van der Waals surface area contributed by atoms with E-state index in [2.05, 4.69) is 9.73 Å². The molecule has 0 saturated heterocycles. The number of carbonyl (C=O) groups excluding carboxylic acids is 1. The van der Waals surface area contributed by atoms with E-state index in [9.17, 15) is 18.0 Å². The minimum atomic E-state index is -4.58. The highest BCUT2D eigenvalue weighted by atomic mass is 32.1. The van der Waals surface area contributed by atoms with E-state index < -0.39 is 18.5 Å². The molecule has 0 radical (unpaired) electrons. The summed E-state index contributed by atoms with van der Waals surface area (Å²) in [6, 6.07) is 3.27. The minimum absolute atomic E-state index is 0.0484. The molecule has 2 rings (SSSR count). The van der Waals surface area contributed by atoms with Crippen LogP contribution in [-0.4, -0.2) is 30.5 Å². The van der Waals surface area contributed by atoms with E-state index in [0.717, 1.165) is 0 Å². The van der Waals surface area contributed by atoms with E-state index in [-0.39, 0.29) is 5.71 Å². The third-order valence-electron chi connectivity index (χ3n) is 1.98. The number of nitrogens with zero attached hydrogens (tertiary/aromatic N) is 1. The number of thiophene rings is 1. The Morgan fingerprint density at radius 2 is 2.25 bits per heavy atom. The van der Waals surface area contributed by atoms with Crippen LogP contribution in [0.25, 0.3) is 0 Å². The van der Waals surface area contributed by atoms with Gasteiger partial charge in [0.2, 0.25) is 6.23 Å². The van der Waals surface area contributed by atoms with Gasteiger partial charge in [-0.15, -0.1) is 11.3 Å². The van der Waals surface area contributed by atoms with Gasteiger partial charge < -0.3 is 4.74 Å². The van der Waals surface area contributed by atoms with Crippen LogP contribution < -0.4 is 0 Å². The van der Waals surface area contributed by atoms with Gasteiger partial charge in [-0.3, -0.25) is 4.79 Å². The van der Waals surface area contributed by atoms with Gasteiger partial charge >= 0.3 is 6.18 Å². The number of ether oxygens (including phenoxy) is 1. The molecule has 2 atom stereocenters. The maximum absolute atomic E-state index is 12.3. The molecule has 0 aromatic carbocycles. The molecular formula is C9H6F3NO2S. The molecule has 1 aromatic rings. The number of halogens is 3. The highest BCUT2D eigenvalue weighted by molar-refractivity contribution is 7.12. The molecule has 1 aliphatic rings. The summed E-state index contributed by atoms with van der Waals surface area (Å²) in [7, 11) is 0. The summed E-state index contributed by atoms with van der Waals surface area (Å²) in [6.45, 7) is 0. The molecule has 0 fully saturated rings. The van der Waals surface area contributed by atoms with Crippen molar-refractivity contribution in [1.82, 2.24) is 0 Å². The van der Waals surface area contributed by atoms with E-state index in [1.54, 1.807) is 17.5 Å². The molecule has 86 valence electrons. The third-order valence-corrected chi connectivity index (χ3v) is 2.87. The van der Waals surface area contributed by atoms with Crippen LogP contribution in [0, 0.1) is 0 Å². The number of rotatable bonds is 2. The molecule has 0 bridgehead atoms. The van der Waals surface area contributed by atoms with E-state index in [1.165, 1.54) is 11.3 Å². The van der Waals surface area contributed by atoms with Crippen LogP contribution in [0.15, 0.2) is 22.5 Å². The molecule has 0 spiro atoms. The summed E-state index contributed by atoms with van der Waals surface area (Å²) >= 11 is 1.21. The molecule has 0 saturated carbocycles. The lowest BCUT2D eigenvalue weighted by molar-refractivity contribution is -0.214. The first-order valence-corrected chi connectivity index (χ1v) is 5.19. The first-order chi connectivity index (χ1) is 7.52. The number of alkyl halides is 3. The van der Waals surface area contributed by atoms with Crippen LogP contribution in [0.5, 0.6) is 0 Å². The van der Waals surface area contributed by atoms with Crippen molar-refractivity contribution < 1.29 is 22.7 Å². The Hall–Kier alpha value is -1.21. The topological polar surface area (TPSA) is 38.7 Å². The average Bonchev–Trinajstić information content (AvgIpc) is 2.85. The van der Waals surface area contributed by atoms with Crippen LogP contribution >= 0.6 is 11.3 Å². The molecule has 2 unspecified atom stereocenters. The van der Waals surface area contributed by atoms with E-state index in [4.69, 9.17) is 0 Å². The summed E-state index contributed by atoms with van der Waals surface area (Å²) in [5.41, 5.74) is 0.0484. The number of aldehydes is 1. The van der Waals surface area contributed by atoms with Gasteiger partial charge in [0, 0.05) is 0 Å². The van der Waals surface area contributed by atoms with Gasteiger partial charge in [-0.25, -0.2) is 4.99 Å². The maximum Gasteiger partial charge on any atom is 0.435 e. The number of aliphatic imine (C=N–C) groups is 1. The Bertz CT molecular complexity index is 413. The fraction of sp³-hybridized carbons (Fsp3) is 0.333. The summed E-state index contributed by atoms with van der Waals surface area (Å²) in [4.78, 5) is 14.5. The van der Waals surface area contributed by atoms with Gasteiger partial charge in [0.05, 0.1) is 10.6 Å². The van der Waals surface area contributed by atoms with Crippen LogP contribution in [-0.2, 0) is 9.53 Å². The second-order valence-electron chi connectivity index (χ2n) is 3.08. The predicted octanol–water partition coefficient (Wildman–Crippen LogP) is 2.02. The van der Waals surface area contributed by atoms with Crippen molar-refractivity contribution in [2.24, 2.45) is 4.99 Å². The number of carbonyl (C=O) groups is 1. The lowest BCUT2D eigenvalue weighted by Crippen LogP contribution is -2.30. The van der Waals surface area contributed by atoms with Crippen molar-refractivity contribution >= 4 is 23.3 Å². The van der Waals surface area contributed by atoms with Crippen molar-refractivity contribution in [3.63, 3.8) is 0 Å². The molecule has 7 heteroatoms. The predicted molar refractivity (Wildman–Crippen MR) is 51.6 cm³/mol. The van der Waals surface area contributed by atoms with Crippen LogP contribution in [0.4, 0.5) is 13.2 Å². The Kier molecular flexibility index (Phi) is 2.81. The van der Waals surface area contributed by atoms with Gasteiger partial charge in [-0.1, -0.05) is 6.07 Å². The standard InChI is InChI=1S/C9H6F3NO2S/c10-9(11,12)8-13-7(5(4-14)15-8)6-2-1-3-16-6/h1-5,8H. The normalized spacial score (nSPS) is 25.6. The first-order valence-electron chi connectivity index (χ1n) is 4.31. The lowest BCUT2D eigenvalue weighted by atomic mass is 10.2. The molecule has 0 aliphatic carbocycles. The summed E-state index contributed by atoms with van der Waals surface area (Å²) in [6.07, 6.45) is -7.73. The SMILES string of the molecule is O=CC1OC(C(F)(F)F)N=C1c1cccs1. The third kappa shape index (κ3) is 2.00. The van der Waals surface area contributed by atoms with Crippen molar-refractivity contribution in [2.45, 2.75) is 18.5 Å². The van der Waals surface area contributed by atoms with Crippen LogP contribution in [0.3, 0.4) is 0 Å². The van der Waals surface area contributed by atoms with Crippen molar-refractivity contribution in [1.29, 1.82) is 0 Å². The zero-order chi connectivity index (χ0) is 11.8. The largest absolute Gasteiger partial charge is 0.435 e. The van der Waals surface area contributed by atoms with Crippen LogP contribution in [0.2, 0.25) is 0 Å². The molecule has 2 heterocycles. The summed E-state index contributed by atoms with van der Waals surface area (Å²) < 4.78 is 41.5. The number of hydrogen-bond acceptors (Lipinski definition) is 4. The molecule has 3 nitrogen and oxygen atoms in total. The Morgan fingerprint density at radius 1 is 1.50 bits per heavy atom. The fourth-order valence-electron chi connectivity index (χ4n) is 1.31. The van der Waals surface area contributed by atoms with E-state index in [1.807, 2.05) is 0 Å². The molecule has 1 aliphatic heterocycles. The van der Waals surface area contributed by atoms with Crippen molar-refractivity contribution in [2.75, 3.05) is 0 Å². The van der Waals surface area contributed by atoms with Crippen LogP contribution in [0.1, 0.15) is 4.88 Å².